The van der Waals surface area contributed by atoms with Crippen molar-refractivity contribution in [1.82, 2.24) is 10.6 Å². The van der Waals surface area contributed by atoms with Gasteiger partial charge in [0.2, 0.25) is 11.8 Å². The third kappa shape index (κ3) is 8.03. The van der Waals surface area contributed by atoms with Crippen LogP contribution in [0, 0.1) is 0 Å². The monoisotopic (exact) mass is 292 g/mol. The smallest absolute Gasteiger partial charge is 0.327 e. The molecule has 19 heavy (non-hydrogen) atoms. The fourth-order valence-corrected chi connectivity index (χ4v) is 2.20. The third-order valence-corrected chi connectivity index (χ3v) is 3.06. The first kappa shape index (κ1) is 17.2. The summed E-state index contributed by atoms with van der Waals surface area (Å²) in [5.41, 5.74) is 0. The molecule has 0 aliphatic carbocycles. The number of carbonyl (C=O) groups excluding carboxylic acids is 2. The molecule has 0 aliphatic heterocycles. The highest BCUT2D eigenvalue weighted by Crippen LogP contribution is 2.06. The molecule has 0 heterocycles. The lowest BCUT2D eigenvalue weighted by Gasteiger charge is -2.15. The molecule has 0 saturated heterocycles. The van der Waals surface area contributed by atoms with Gasteiger partial charge >= 0.3 is 11.9 Å². The van der Waals surface area contributed by atoms with Gasteiger partial charge in [0, 0.05) is 25.4 Å². The molecular formula is C10H16N2O6S. The van der Waals surface area contributed by atoms with Crippen molar-refractivity contribution in [2.24, 2.45) is 0 Å². The molecule has 0 bridgehead atoms. The Morgan fingerprint density at radius 3 is 1.42 bits per heavy atom. The van der Waals surface area contributed by atoms with Gasteiger partial charge in [0.15, 0.2) is 0 Å². The van der Waals surface area contributed by atoms with E-state index in [4.69, 9.17) is 10.2 Å². The van der Waals surface area contributed by atoms with Crippen molar-refractivity contribution in [3.8, 4) is 0 Å². The number of carboxylic acid groups (broad SMARTS) is 2. The summed E-state index contributed by atoms with van der Waals surface area (Å²) in [5.74, 6) is -3.34. The van der Waals surface area contributed by atoms with Gasteiger partial charge in [-0.1, -0.05) is 0 Å². The summed E-state index contributed by atoms with van der Waals surface area (Å²) < 4.78 is 0. The predicted octanol–water partition coefficient (Wildman–Crippen LogP) is -1.10. The van der Waals surface area contributed by atoms with Crippen LogP contribution in [0.15, 0.2) is 0 Å². The van der Waals surface area contributed by atoms with E-state index in [2.05, 4.69) is 10.6 Å². The fraction of sp³-hybridized carbons (Fsp3) is 0.600. The lowest BCUT2D eigenvalue weighted by atomic mass is 10.3. The number of rotatable bonds is 8. The molecule has 0 aromatic carbocycles. The Bertz CT molecular complexity index is 339. The average Bonchev–Trinajstić information content (AvgIpc) is 2.24. The molecule has 0 aliphatic rings. The van der Waals surface area contributed by atoms with E-state index in [9.17, 15) is 19.2 Å². The van der Waals surface area contributed by atoms with Crippen LogP contribution in [0.5, 0.6) is 0 Å². The van der Waals surface area contributed by atoms with Crippen molar-refractivity contribution in [1.29, 1.82) is 0 Å². The van der Waals surface area contributed by atoms with Gasteiger partial charge in [-0.3, -0.25) is 9.59 Å². The molecule has 4 N–H and O–H groups in total. The molecule has 2 atom stereocenters. The van der Waals surface area contributed by atoms with Gasteiger partial charge in [0.25, 0.3) is 0 Å². The highest BCUT2D eigenvalue weighted by molar-refractivity contribution is 7.99. The fourth-order valence-electron chi connectivity index (χ4n) is 1.14. The highest BCUT2D eigenvalue weighted by atomic mass is 32.2. The number of thioether (sulfide) groups is 1. The number of nitrogens with one attached hydrogen (secondary N) is 2. The van der Waals surface area contributed by atoms with Crippen LogP contribution in [0.4, 0.5) is 0 Å². The maximum Gasteiger partial charge on any atom is 0.327 e. The number of hydrogen-bond acceptors (Lipinski definition) is 5. The van der Waals surface area contributed by atoms with Crippen LogP contribution in [0.1, 0.15) is 13.8 Å². The Hall–Kier alpha value is -1.77. The lowest BCUT2D eigenvalue weighted by molar-refractivity contribution is -0.141. The van der Waals surface area contributed by atoms with E-state index in [0.717, 1.165) is 11.8 Å². The minimum atomic E-state index is -1.20. The maximum atomic E-state index is 10.8. The van der Waals surface area contributed by atoms with E-state index in [1.54, 1.807) is 0 Å². The van der Waals surface area contributed by atoms with E-state index in [-0.39, 0.29) is 11.5 Å². The maximum absolute atomic E-state index is 10.8. The molecule has 0 rings (SSSR count). The van der Waals surface area contributed by atoms with Gasteiger partial charge in [-0.15, -0.1) is 0 Å². The van der Waals surface area contributed by atoms with Gasteiger partial charge < -0.3 is 20.8 Å². The standard InChI is InChI=1S/C10H16N2O6S/c1-5(13)11-7(9(15)16)3-19-4-8(10(17)18)12-6(2)14/h7-8H,3-4H2,1-2H3,(H,11,13)(H,12,14)(H,15,16)(H,17,18)/t7-,8+. The van der Waals surface area contributed by atoms with E-state index in [1.807, 2.05) is 0 Å². The number of aliphatic carboxylic acids is 2. The first-order valence-corrected chi connectivity index (χ1v) is 6.47. The number of carbonyl (C=O) groups is 4. The molecular weight excluding hydrogens is 276 g/mol. The highest BCUT2D eigenvalue weighted by Gasteiger charge is 2.22. The zero-order chi connectivity index (χ0) is 15.0. The summed E-state index contributed by atoms with van der Waals surface area (Å²) >= 11 is 1.02. The van der Waals surface area contributed by atoms with Crippen LogP contribution in [-0.2, 0) is 19.2 Å². The number of amides is 2. The van der Waals surface area contributed by atoms with Crippen LogP contribution in [0.25, 0.3) is 0 Å². The summed E-state index contributed by atoms with van der Waals surface area (Å²) in [5, 5.41) is 22.1. The van der Waals surface area contributed by atoms with Gasteiger partial charge in [0.1, 0.15) is 12.1 Å². The minimum absolute atomic E-state index is 0.0122. The van der Waals surface area contributed by atoms with Crippen molar-refractivity contribution in [3.05, 3.63) is 0 Å². The second-order valence-electron chi connectivity index (χ2n) is 3.72. The minimum Gasteiger partial charge on any atom is -0.480 e. The predicted molar refractivity (Wildman–Crippen MR) is 67.8 cm³/mol. The molecule has 0 radical (unpaired) electrons. The summed E-state index contributed by atoms with van der Waals surface area (Å²) in [6.45, 7) is 2.38. The van der Waals surface area contributed by atoms with E-state index in [0.29, 0.717) is 0 Å². The summed E-state index contributed by atoms with van der Waals surface area (Å²) in [7, 11) is 0. The zero-order valence-electron chi connectivity index (χ0n) is 10.5. The molecule has 0 saturated carbocycles. The van der Waals surface area contributed by atoms with Crippen molar-refractivity contribution in [3.63, 3.8) is 0 Å². The molecule has 0 aromatic heterocycles. The molecule has 0 aromatic rings. The van der Waals surface area contributed by atoms with Gasteiger partial charge in [-0.2, -0.15) is 11.8 Å². The van der Waals surface area contributed by atoms with Gasteiger partial charge in [-0.05, 0) is 0 Å². The zero-order valence-corrected chi connectivity index (χ0v) is 11.3. The molecule has 108 valence electrons. The Morgan fingerprint density at radius 1 is 0.895 bits per heavy atom. The van der Waals surface area contributed by atoms with E-state index < -0.39 is 35.8 Å². The van der Waals surface area contributed by atoms with Crippen LogP contribution < -0.4 is 10.6 Å². The SMILES string of the molecule is CC(=O)N[C@@H](CSC[C@@H](NC(C)=O)C(=O)O)C(=O)O. The van der Waals surface area contributed by atoms with E-state index >= 15 is 0 Å². The molecule has 8 nitrogen and oxygen atoms in total. The Labute approximate surface area is 113 Å². The normalized spacial score (nSPS) is 13.2. The second kappa shape index (κ2) is 8.35. The summed E-state index contributed by atoms with van der Waals surface area (Å²) in [6.07, 6.45) is 0. The average molecular weight is 292 g/mol. The van der Waals surface area contributed by atoms with Crippen LogP contribution >= 0.6 is 11.8 Å². The van der Waals surface area contributed by atoms with Crippen LogP contribution in [-0.4, -0.2) is 57.6 Å². The van der Waals surface area contributed by atoms with Crippen molar-refractivity contribution in [2.45, 2.75) is 25.9 Å². The topological polar surface area (TPSA) is 133 Å². The number of carboxylic acids is 2. The summed E-state index contributed by atoms with van der Waals surface area (Å²) in [4.78, 5) is 43.2. The molecule has 0 fully saturated rings. The van der Waals surface area contributed by atoms with Gasteiger partial charge in [-0.25, -0.2) is 9.59 Å². The number of hydrogen-bond donors (Lipinski definition) is 4. The summed E-state index contributed by atoms with van der Waals surface area (Å²) in [6, 6.07) is -2.18. The van der Waals surface area contributed by atoms with Crippen molar-refractivity contribution in [2.75, 3.05) is 11.5 Å². The Kier molecular flexibility index (Phi) is 7.57. The van der Waals surface area contributed by atoms with E-state index in [1.165, 1.54) is 13.8 Å². The largest absolute Gasteiger partial charge is 0.480 e. The first-order valence-electron chi connectivity index (χ1n) is 5.31. The van der Waals surface area contributed by atoms with Crippen LogP contribution in [0.3, 0.4) is 0 Å². The third-order valence-electron chi connectivity index (χ3n) is 1.92. The Balaban J connectivity index is 4.28. The molecule has 0 unspecified atom stereocenters. The quantitative estimate of drug-likeness (QED) is 0.446. The van der Waals surface area contributed by atoms with Gasteiger partial charge in [0.05, 0.1) is 0 Å². The molecule has 9 heteroatoms. The Morgan fingerprint density at radius 2 is 1.21 bits per heavy atom. The first-order chi connectivity index (χ1) is 8.73. The molecule has 2 amide bonds. The second-order valence-corrected chi connectivity index (χ2v) is 4.80. The van der Waals surface area contributed by atoms with Crippen molar-refractivity contribution < 1.29 is 29.4 Å². The van der Waals surface area contributed by atoms with Crippen LogP contribution in [0.2, 0.25) is 0 Å². The van der Waals surface area contributed by atoms with Crippen molar-refractivity contribution >= 4 is 35.5 Å². The lowest BCUT2D eigenvalue weighted by Crippen LogP contribution is -2.44. The molecule has 0 spiro atoms.